The van der Waals surface area contributed by atoms with Crippen molar-refractivity contribution < 1.29 is 8.42 Å². The summed E-state index contributed by atoms with van der Waals surface area (Å²) >= 11 is 0. The monoisotopic (exact) mass is 302 g/mol. The first-order chi connectivity index (χ1) is 10.0. The third-order valence-electron chi connectivity index (χ3n) is 3.15. The molecule has 0 N–H and O–H groups in total. The quantitative estimate of drug-likeness (QED) is 0.772. The van der Waals surface area contributed by atoms with Crippen molar-refractivity contribution >= 4 is 15.5 Å². The maximum Gasteiger partial charge on any atom is 0.175 e. The van der Waals surface area contributed by atoms with Crippen LogP contribution < -0.4 is 0 Å². The standard InChI is InChI=1S/C16H18N2O2S/c1-3-16(18-17-14-7-5-4-6-8-14)13-9-11-15(12-10-13)21(2,19)20/h4-12,16H,3H2,1-2H3. The molecule has 1 atom stereocenters. The zero-order valence-corrected chi connectivity index (χ0v) is 12.9. The molecule has 0 aliphatic rings. The van der Waals surface area contributed by atoms with E-state index in [1.54, 1.807) is 24.3 Å². The number of hydrogen-bond donors (Lipinski definition) is 0. The molecule has 0 saturated carbocycles. The molecule has 5 heteroatoms. The van der Waals surface area contributed by atoms with Gasteiger partial charge in [-0.2, -0.15) is 10.2 Å². The molecule has 0 spiro atoms. The number of azo groups is 1. The minimum atomic E-state index is -3.16. The Morgan fingerprint density at radius 1 is 1.00 bits per heavy atom. The fourth-order valence-corrected chi connectivity index (χ4v) is 2.58. The predicted octanol–water partition coefficient (Wildman–Crippen LogP) is 4.33. The smallest absolute Gasteiger partial charge is 0.175 e. The van der Waals surface area contributed by atoms with Gasteiger partial charge in [-0.3, -0.25) is 0 Å². The van der Waals surface area contributed by atoms with E-state index in [0.717, 1.165) is 17.7 Å². The normalized spacial score (nSPS) is 13.4. The van der Waals surface area contributed by atoms with Gasteiger partial charge in [0.15, 0.2) is 9.84 Å². The zero-order chi connectivity index (χ0) is 15.3. The lowest BCUT2D eigenvalue weighted by Gasteiger charge is -2.09. The van der Waals surface area contributed by atoms with Crippen LogP contribution in [0.2, 0.25) is 0 Å². The van der Waals surface area contributed by atoms with E-state index >= 15 is 0 Å². The van der Waals surface area contributed by atoms with Crippen LogP contribution in [0, 0.1) is 0 Å². The molecule has 4 nitrogen and oxygen atoms in total. The summed E-state index contributed by atoms with van der Waals surface area (Å²) in [5, 5.41) is 8.58. The number of nitrogens with zero attached hydrogens (tertiary/aromatic N) is 2. The van der Waals surface area contributed by atoms with Gasteiger partial charge in [-0.15, -0.1) is 0 Å². The van der Waals surface area contributed by atoms with E-state index in [4.69, 9.17) is 0 Å². The summed E-state index contributed by atoms with van der Waals surface area (Å²) in [6, 6.07) is 16.3. The summed E-state index contributed by atoms with van der Waals surface area (Å²) in [7, 11) is -3.16. The van der Waals surface area contributed by atoms with E-state index in [-0.39, 0.29) is 6.04 Å². The average molecular weight is 302 g/mol. The van der Waals surface area contributed by atoms with Crippen molar-refractivity contribution in [2.75, 3.05) is 6.26 Å². The van der Waals surface area contributed by atoms with Crippen molar-refractivity contribution in [3.8, 4) is 0 Å². The second-order valence-electron chi connectivity index (χ2n) is 4.82. The molecule has 2 aromatic carbocycles. The second kappa shape index (κ2) is 6.63. The third kappa shape index (κ3) is 4.23. The largest absolute Gasteiger partial charge is 0.224 e. The van der Waals surface area contributed by atoms with Crippen LogP contribution in [0.25, 0.3) is 0 Å². The summed E-state index contributed by atoms with van der Waals surface area (Å²) in [5.74, 6) is 0. The van der Waals surface area contributed by atoms with Crippen molar-refractivity contribution in [1.29, 1.82) is 0 Å². The van der Waals surface area contributed by atoms with Crippen LogP contribution in [0.5, 0.6) is 0 Å². The van der Waals surface area contributed by atoms with Gasteiger partial charge in [0.1, 0.15) is 0 Å². The summed E-state index contributed by atoms with van der Waals surface area (Å²) in [6.07, 6.45) is 2.00. The lowest BCUT2D eigenvalue weighted by atomic mass is 10.1. The van der Waals surface area contributed by atoms with Crippen molar-refractivity contribution in [2.45, 2.75) is 24.3 Å². The van der Waals surface area contributed by atoms with Gasteiger partial charge in [0.2, 0.25) is 0 Å². The van der Waals surface area contributed by atoms with E-state index < -0.39 is 9.84 Å². The fourth-order valence-electron chi connectivity index (χ4n) is 1.95. The van der Waals surface area contributed by atoms with Crippen LogP contribution >= 0.6 is 0 Å². The van der Waals surface area contributed by atoms with E-state index in [9.17, 15) is 8.42 Å². The molecule has 2 aromatic rings. The molecule has 2 rings (SSSR count). The Hall–Kier alpha value is -2.01. The molecule has 0 heterocycles. The molecule has 0 saturated heterocycles. The summed E-state index contributed by atoms with van der Waals surface area (Å²) in [4.78, 5) is 0.320. The molecule has 1 unspecified atom stereocenters. The molecule has 0 aromatic heterocycles. The lowest BCUT2D eigenvalue weighted by molar-refractivity contribution is 0.601. The highest BCUT2D eigenvalue weighted by molar-refractivity contribution is 7.90. The van der Waals surface area contributed by atoms with Crippen LogP contribution in [0.4, 0.5) is 5.69 Å². The van der Waals surface area contributed by atoms with E-state index in [2.05, 4.69) is 10.2 Å². The van der Waals surface area contributed by atoms with E-state index in [1.807, 2.05) is 37.3 Å². The highest BCUT2D eigenvalue weighted by Crippen LogP contribution is 2.24. The third-order valence-corrected chi connectivity index (χ3v) is 4.28. The maximum atomic E-state index is 11.5. The Bertz CT molecular complexity index is 708. The average Bonchev–Trinajstić information content (AvgIpc) is 2.48. The number of rotatable bonds is 5. The first-order valence-corrected chi connectivity index (χ1v) is 8.66. The van der Waals surface area contributed by atoms with Crippen LogP contribution in [0.15, 0.2) is 69.7 Å². The molecule has 0 amide bonds. The Labute approximate surface area is 125 Å². The van der Waals surface area contributed by atoms with Crippen LogP contribution in [0.3, 0.4) is 0 Å². The van der Waals surface area contributed by atoms with E-state index in [1.165, 1.54) is 6.26 Å². The topological polar surface area (TPSA) is 58.9 Å². The molecule has 0 aliphatic heterocycles. The van der Waals surface area contributed by atoms with Gasteiger partial charge in [0.25, 0.3) is 0 Å². The van der Waals surface area contributed by atoms with Gasteiger partial charge in [-0.1, -0.05) is 37.3 Å². The summed E-state index contributed by atoms with van der Waals surface area (Å²) < 4.78 is 22.9. The van der Waals surface area contributed by atoms with Crippen LogP contribution in [0.1, 0.15) is 24.9 Å². The van der Waals surface area contributed by atoms with Gasteiger partial charge in [0.05, 0.1) is 16.6 Å². The highest BCUT2D eigenvalue weighted by atomic mass is 32.2. The molecule has 21 heavy (non-hydrogen) atoms. The van der Waals surface area contributed by atoms with Crippen LogP contribution in [-0.4, -0.2) is 14.7 Å². The lowest BCUT2D eigenvalue weighted by Crippen LogP contribution is -1.98. The number of sulfone groups is 1. The zero-order valence-electron chi connectivity index (χ0n) is 12.1. The van der Waals surface area contributed by atoms with Crippen molar-refractivity contribution in [3.63, 3.8) is 0 Å². The Morgan fingerprint density at radius 2 is 1.62 bits per heavy atom. The van der Waals surface area contributed by atoms with Crippen molar-refractivity contribution in [1.82, 2.24) is 0 Å². The first kappa shape index (κ1) is 15.4. The number of hydrogen-bond acceptors (Lipinski definition) is 4. The minimum Gasteiger partial charge on any atom is -0.224 e. The molecule has 0 fully saturated rings. The highest BCUT2D eigenvalue weighted by Gasteiger charge is 2.11. The Morgan fingerprint density at radius 3 is 2.14 bits per heavy atom. The van der Waals surface area contributed by atoms with Gasteiger partial charge < -0.3 is 0 Å². The maximum absolute atomic E-state index is 11.5. The Kier molecular flexibility index (Phi) is 4.85. The molecular weight excluding hydrogens is 284 g/mol. The summed E-state index contributed by atoms with van der Waals surface area (Å²) in [5.41, 5.74) is 1.77. The second-order valence-corrected chi connectivity index (χ2v) is 6.83. The Balaban J connectivity index is 2.20. The molecule has 0 aliphatic carbocycles. The van der Waals surface area contributed by atoms with Gasteiger partial charge in [0, 0.05) is 6.26 Å². The predicted molar refractivity (Wildman–Crippen MR) is 83.5 cm³/mol. The molecular formula is C16H18N2O2S. The number of benzene rings is 2. The molecule has 0 radical (unpaired) electrons. The molecule has 0 bridgehead atoms. The minimum absolute atomic E-state index is 0.0705. The molecule has 110 valence electrons. The van der Waals surface area contributed by atoms with Gasteiger partial charge in [-0.25, -0.2) is 8.42 Å². The van der Waals surface area contributed by atoms with Crippen molar-refractivity contribution in [2.24, 2.45) is 10.2 Å². The van der Waals surface area contributed by atoms with Crippen LogP contribution in [-0.2, 0) is 9.84 Å². The van der Waals surface area contributed by atoms with Crippen molar-refractivity contribution in [3.05, 3.63) is 60.2 Å². The van der Waals surface area contributed by atoms with Gasteiger partial charge in [-0.05, 0) is 36.2 Å². The SMILES string of the molecule is CCC(N=Nc1ccccc1)c1ccc(S(C)(=O)=O)cc1. The van der Waals surface area contributed by atoms with Gasteiger partial charge >= 0.3 is 0 Å². The first-order valence-electron chi connectivity index (χ1n) is 6.76. The fraction of sp³-hybridized carbons (Fsp3) is 0.250. The van der Waals surface area contributed by atoms with E-state index in [0.29, 0.717) is 4.90 Å². The summed E-state index contributed by atoms with van der Waals surface area (Å²) in [6.45, 7) is 2.03.